The zero-order valence-electron chi connectivity index (χ0n) is 8.29. The molecule has 2 nitrogen and oxygen atoms in total. The van der Waals surface area contributed by atoms with Crippen LogP contribution in [0.4, 0.5) is 5.69 Å². The van der Waals surface area contributed by atoms with Crippen LogP contribution in [0.2, 0.25) is 0 Å². The molecule has 72 valence electrons. The molecule has 0 aliphatic carbocycles. The maximum absolute atomic E-state index is 5.78. The van der Waals surface area contributed by atoms with Crippen molar-refractivity contribution < 1.29 is 4.74 Å². The number of nitrogen functional groups attached to an aromatic ring is 1. The molecule has 1 rings (SSSR count). The van der Waals surface area contributed by atoms with Crippen LogP contribution in [0.1, 0.15) is 19.4 Å². The van der Waals surface area contributed by atoms with Crippen LogP contribution in [0.25, 0.3) is 0 Å². The van der Waals surface area contributed by atoms with Crippen molar-refractivity contribution in [2.24, 2.45) is 0 Å². The summed E-state index contributed by atoms with van der Waals surface area (Å²) in [5, 5.41) is 0. The molecule has 13 heavy (non-hydrogen) atoms. The highest BCUT2D eigenvalue weighted by molar-refractivity contribution is 5.46. The summed E-state index contributed by atoms with van der Waals surface area (Å²) in [6.07, 6.45) is 1.19. The van der Waals surface area contributed by atoms with Gasteiger partial charge in [0.25, 0.3) is 0 Å². The van der Waals surface area contributed by atoms with E-state index >= 15 is 0 Å². The third kappa shape index (κ3) is 3.47. The number of para-hydroxylation sites is 1. The van der Waals surface area contributed by atoms with Gasteiger partial charge in [0.2, 0.25) is 0 Å². The van der Waals surface area contributed by atoms with Gasteiger partial charge in [-0.15, -0.1) is 0 Å². The van der Waals surface area contributed by atoms with E-state index in [0.717, 1.165) is 18.7 Å². The van der Waals surface area contributed by atoms with Crippen LogP contribution in [0.5, 0.6) is 0 Å². The second-order valence-electron chi connectivity index (χ2n) is 3.37. The van der Waals surface area contributed by atoms with Gasteiger partial charge in [-0.1, -0.05) is 18.2 Å². The Morgan fingerprint density at radius 2 is 2.00 bits per heavy atom. The lowest BCUT2D eigenvalue weighted by Crippen LogP contribution is -2.07. The smallest absolute Gasteiger partial charge is 0.0519 e. The predicted octanol–water partition coefficient (Wildman–Crippen LogP) is 2.24. The second kappa shape index (κ2) is 4.87. The lowest BCUT2D eigenvalue weighted by Gasteiger charge is -2.08. The number of ether oxygens (including phenoxy) is 1. The first-order valence-electron chi connectivity index (χ1n) is 4.65. The quantitative estimate of drug-likeness (QED) is 0.719. The van der Waals surface area contributed by atoms with Gasteiger partial charge in [-0.05, 0) is 31.9 Å². The predicted molar refractivity (Wildman–Crippen MR) is 55.6 cm³/mol. The third-order valence-corrected chi connectivity index (χ3v) is 1.88. The first-order valence-corrected chi connectivity index (χ1v) is 4.65. The molecule has 0 atom stereocenters. The Balaban J connectivity index is 2.41. The average Bonchev–Trinajstić information content (AvgIpc) is 2.08. The first kappa shape index (κ1) is 10.1. The summed E-state index contributed by atoms with van der Waals surface area (Å²) in [4.78, 5) is 0. The molecule has 1 aromatic rings. The van der Waals surface area contributed by atoms with E-state index in [2.05, 4.69) is 0 Å². The molecular formula is C11H17NO. The van der Waals surface area contributed by atoms with Gasteiger partial charge in [-0.2, -0.15) is 0 Å². The zero-order valence-corrected chi connectivity index (χ0v) is 8.29. The first-order chi connectivity index (χ1) is 6.20. The van der Waals surface area contributed by atoms with Crippen molar-refractivity contribution in [1.82, 2.24) is 0 Å². The van der Waals surface area contributed by atoms with Crippen molar-refractivity contribution in [1.29, 1.82) is 0 Å². The minimum atomic E-state index is 0.296. The molecule has 0 saturated carbocycles. The highest BCUT2D eigenvalue weighted by Gasteiger charge is 1.98. The van der Waals surface area contributed by atoms with Crippen LogP contribution >= 0.6 is 0 Å². The summed E-state index contributed by atoms with van der Waals surface area (Å²) in [6.45, 7) is 4.81. The SMILES string of the molecule is CC(C)OCCc1ccccc1N. The van der Waals surface area contributed by atoms with E-state index < -0.39 is 0 Å². The molecule has 0 radical (unpaired) electrons. The van der Waals surface area contributed by atoms with Crippen LogP contribution in [0, 0.1) is 0 Å². The van der Waals surface area contributed by atoms with E-state index in [0.29, 0.717) is 6.10 Å². The fourth-order valence-electron chi connectivity index (χ4n) is 1.17. The molecule has 2 heteroatoms. The molecule has 0 aliphatic rings. The summed E-state index contributed by atoms with van der Waals surface area (Å²) in [6, 6.07) is 7.91. The van der Waals surface area contributed by atoms with E-state index in [1.807, 2.05) is 38.1 Å². The number of hydrogen-bond acceptors (Lipinski definition) is 2. The number of benzene rings is 1. The van der Waals surface area contributed by atoms with Crippen LogP contribution in [0.3, 0.4) is 0 Å². The second-order valence-corrected chi connectivity index (χ2v) is 3.37. The normalized spacial score (nSPS) is 10.7. The Bertz CT molecular complexity index is 258. The highest BCUT2D eigenvalue weighted by atomic mass is 16.5. The summed E-state index contributed by atoms with van der Waals surface area (Å²) in [7, 11) is 0. The molecule has 0 aliphatic heterocycles. The average molecular weight is 179 g/mol. The molecule has 0 heterocycles. The zero-order chi connectivity index (χ0) is 9.68. The minimum Gasteiger partial charge on any atom is -0.399 e. The van der Waals surface area contributed by atoms with Crippen LogP contribution in [0.15, 0.2) is 24.3 Å². The van der Waals surface area contributed by atoms with E-state index in [9.17, 15) is 0 Å². The Kier molecular flexibility index (Phi) is 3.77. The topological polar surface area (TPSA) is 35.2 Å². The number of hydrogen-bond donors (Lipinski definition) is 1. The number of rotatable bonds is 4. The molecule has 1 aromatic carbocycles. The van der Waals surface area contributed by atoms with Gasteiger partial charge in [0.15, 0.2) is 0 Å². The molecule has 0 aromatic heterocycles. The minimum absolute atomic E-state index is 0.296. The van der Waals surface area contributed by atoms with Crippen LogP contribution in [-0.4, -0.2) is 12.7 Å². The third-order valence-electron chi connectivity index (χ3n) is 1.88. The van der Waals surface area contributed by atoms with Gasteiger partial charge in [0.1, 0.15) is 0 Å². The Hall–Kier alpha value is -1.02. The molecule has 0 bridgehead atoms. The highest BCUT2D eigenvalue weighted by Crippen LogP contribution is 2.11. The van der Waals surface area contributed by atoms with Crippen molar-refractivity contribution in [3.05, 3.63) is 29.8 Å². The van der Waals surface area contributed by atoms with Gasteiger partial charge in [0, 0.05) is 5.69 Å². The Morgan fingerprint density at radius 3 is 2.62 bits per heavy atom. The van der Waals surface area contributed by atoms with Crippen LogP contribution < -0.4 is 5.73 Å². The van der Waals surface area contributed by atoms with Crippen molar-refractivity contribution in [2.45, 2.75) is 26.4 Å². The van der Waals surface area contributed by atoms with E-state index in [1.54, 1.807) is 0 Å². The molecular weight excluding hydrogens is 162 g/mol. The fourth-order valence-corrected chi connectivity index (χ4v) is 1.17. The Labute approximate surface area is 79.7 Å². The molecule has 0 saturated heterocycles. The standard InChI is InChI=1S/C11H17NO/c1-9(2)13-8-7-10-5-3-4-6-11(10)12/h3-6,9H,7-8,12H2,1-2H3. The Morgan fingerprint density at radius 1 is 1.31 bits per heavy atom. The molecule has 2 N–H and O–H groups in total. The summed E-state index contributed by atoms with van der Waals surface area (Å²) < 4.78 is 5.45. The maximum atomic E-state index is 5.78. The van der Waals surface area contributed by atoms with E-state index in [1.165, 1.54) is 5.56 Å². The van der Waals surface area contributed by atoms with Crippen LogP contribution in [-0.2, 0) is 11.2 Å². The summed E-state index contributed by atoms with van der Waals surface area (Å²) in [5.41, 5.74) is 7.81. The summed E-state index contributed by atoms with van der Waals surface area (Å²) >= 11 is 0. The van der Waals surface area contributed by atoms with Gasteiger partial charge in [0.05, 0.1) is 12.7 Å². The lowest BCUT2D eigenvalue weighted by atomic mass is 10.1. The maximum Gasteiger partial charge on any atom is 0.0519 e. The monoisotopic (exact) mass is 179 g/mol. The van der Waals surface area contributed by atoms with Gasteiger partial charge < -0.3 is 10.5 Å². The van der Waals surface area contributed by atoms with Crippen molar-refractivity contribution in [3.8, 4) is 0 Å². The molecule has 0 fully saturated rings. The molecule has 0 amide bonds. The van der Waals surface area contributed by atoms with Gasteiger partial charge in [-0.25, -0.2) is 0 Å². The molecule has 0 unspecified atom stereocenters. The molecule has 0 spiro atoms. The number of nitrogens with two attached hydrogens (primary N) is 1. The van der Waals surface area contributed by atoms with E-state index in [4.69, 9.17) is 10.5 Å². The lowest BCUT2D eigenvalue weighted by molar-refractivity contribution is 0.0814. The van der Waals surface area contributed by atoms with E-state index in [-0.39, 0.29) is 0 Å². The summed E-state index contributed by atoms with van der Waals surface area (Å²) in [5.74, 6) is 0. The van der Waals surface area contributed by atoms with Crippen molar-refractivity contribution in [2.75, 3.05) is 12.3 Å². The fraction of sp³-hybridized carbons (Fsp3) is 0.455. The van der Waals surface area contributed by atoms with Gasteiger partial charge in [-0.3, -0.25) is 0 Å². The van der Waals surface area contributed by atoms with Crippen molar-refractivity contribution in [3.63, 3.8) is 0 Å². The van der Waals surface area contributed by atoms with Crippen molar-refractivity contribution >= 4 is 5.69 Å². The number of anilines is 1. The largest absolute Gasteiger partial charge is 0.399 e. The van der Waals surface area contributed by atoms with Gasteiger partial charge >= 0.3 is 0 Å².